The summed E-state index contributed by atoms with van der Waals surface area (Å²) in [6.45, 7) is 8.39. The summed E-state index contributed by atoms with van der Waals surface area (Å²) in [5.74, 6) is 0.0787. The minimum absolute atomic E-state index is 0.112. The van der Waals surface area contributed by atoms with Crippen molar-refractivity contribution in [2.75, 3.05) is 17.2 Å². The lowest BCUT2D eigenvalue weighted by Gasteiger charge is -2.15. The molecular weight excluding hydrogens is 338 g/mol. The summed E-state index contributed by atoms with van der Waals surface area (Å²) in [7, 11) is 0. The van der Waals surface area contributed by atoms with Gasteiger partial charge in [-0.05, 0) is 49.1 Å². The second-order valence-corrected chi connectivity index (χ2v) is 7.01. The molecule has 0 aromatic heterocycles. The number of carbonyl (C=O) groups excluding carboxylic acids is 2. The summed E-state index contributed by atoms with van der Waals surface area (Å²) in [6.07, 6.45) is 0.867. The number of amides is 2. The van der Waals surface area contributed by atoms with Gasteiger partial charge in [0.15, 0.2) is 0 Å². The highest BCUT2D eigenvalue weighted by atomic mass is 16.2. The zero-order valence-electron chi connectivity index (χ0n) is 16.5. The standard InChI is InChI=1S/C22H29N3O2/c1-5-16(4)24-22(27)17-9-8-10-18(13-17)25-21(26)14-23-20-12-7-6-11-19(20)15(2)3/h6-13,15-16,23H,5,14H2,1-4H3,(H,24,27)(H,25,26). The summed E-state index contributed by atoms with van der Waals surface area (Å²) < 4.78 is 0. The number of hydrogen-bond donors (Lipinski definition) is 3. The van der Waals surface area contributed by atoms with Gasteiger partial charge in [0.1, 0.15) is 0 Å². The molecule has 0 saturated heterocycles. The SMILES string of the molecule is CCC(C)NC(=O)c1cccc(NC(=O)CNc2ccccc2C(C)C)c1. The van der Waals surface area contributed by atoms with E-state index < -0.39 is 0 Å². The van der Waals surface area contributed by atoms with Gasteiger partial charge in [0.25, 0.3) is 5.91 Å². The van der Waals surface area contributed by atoms with Crippen LogP contribution in [0.5, 0.6) is 0 Å². The Balaban J connectivity index is 1.96. The molecule has 1 atom stereocenters. The summed E-state index contributed by atoms with van der Waals surface area (Å²) in [4.78, 5) is 24.5. The average molecular weight is 367 g/mol. The predicted molar refractivity (Wildman–Crippen MR) is 111 cm³/mol. The molecule has 0 aliphatic rings. The topological polar surface area (TPSA) is 70.2 Å². The molecule has 5 heteroatoms. The molecule has 0 aliphatic heterocycles. The van der Waals surface area contributed by atoms with Crippen molar-refractivity contribution in [3.63, 3.8) is 0 Å². The van der Waals surface area contributed by atoms with Crippen molar-refractivity contribution in [3.05, 3.63) is 59.7 Å². The number of para-hydroxylation sites is 1. The highest BCUT2D eigenvalue weighted by molar-refractivity contribution is 5.98. The largest absolute Gasteiger partial charge is 0.376 e. The van der Waals surface area contributed by atoms with Gasteiger partial charge in [-0.1, -0.05) is 45.0 Å². The van der Waals surface area contributed by atoms with Crippen LogP contribution in [0.2, 0.25) is 0 Å². The van der Waals surface area contributed by atoms with Gasteiger partial charge >= 0.3 is 0 Å². The van der Waals surface area contributed by atoms with E-state index in [1.165, 1.54) is 5.56 Å². The van der Waals surface area contributed by atoms with E-state index in [0.717, 1.165) is 12.1 Å². The number of benzene rings is 2. The van der Waals surface area contributed by atoms with E-state index in [1.54, 1.807) is 24.3 Å². The summed E-state index contributed by atoms with van der Waals surface area (Å²) in [5, 5.41) is 8.96. The Bertz CT molecular complexity index is 787. The van der Waals surface area contributed by atoms with E-state index in [2.05, 4.69) is 35.9 Å². The van der Waals surface area contributed by atoms with Crippen molar-refractivity contribution in [1.82, 2.24) is 5.32 Å². The van der Waals surface area contributed by atoms with Crippen LogP contribution < -0.4 is 16.0 Å². The Hall–Kier alpha value is -2.82. The van der Waals surface area contributed by atoms with Crippen molar-refractivity contribution in [2.45, 2.75) is 46.1 Å². The zero-order chi connectivity index (χ0) is 19.8. The van der Waals surface area contributed by atoms with Gasteiger partial charge in [-0.15, -0.1) is 0 Å². The lowest BCUT2D eigenvalue weighted by Crippen LogP contribution is -2.32. The highest BCUT2D eigenvalue weighted by Crippen LogP contribution is 2.23. The molecular formula is C22H29N3O2. The summed E-state index contributed by atoms with van der Waals surface area (Å²) in [5.41, 5.74) is 3.28. The molecule has 2 rings (SSSR count). The Labute approximate surface area is 161 Å². The molecule has 0 heterocycles. The van der Waals surface area contributed by atoms with E-state index in [1.807, 2.05) is 32.0 Å². The fraction of sp³-hybridized carbons (Fsp3) is 0.364. The first-order valence-electron chi connectivity index (χ1n) is 9.44. The van der Waals surface area contributed by atoms with Crippen molar-refractivity contribution in [3.8, 4) is 0 Å². The van der Waals surface area contributed by atoms with Crippen LogP contribution in [-0.2, 0) is 4.79 Å². The molecule has 2 aromatic carbocycles. The number of nitrogens with one attached hydrogen (secondary N) is 3. The highest BCUT2D eigenvalue weighted by Gasteiger charge is 2.11. The molecule has 0 radical (unpaired) electrons. The molecule has 2 amide bonds. The van der Waals surface area contributed by atoms with Gasteiger partial charge in [-0.2, -0.15) is 0 Å². The van der Waals surface area contributed by atoms with Crippen molar-refractivity contribution in [1.29, 1.82) is 0 Å². The number of anilines is 2. The maximum absolute atomic E-state index is 12.3. The minimum Gasteiger partial charge on any atom is -0.376 e. The van der Waals surface area contributed by atoms with Gasteiger partial charge in [0.2, 0.25) is 5.91 Å². The van der Waals surface area contributed by atoms with Crippen molar-refractivity contribution >= 4 is 23.2 Å². The average Bonchev–Trinajstić information content (AvgIpc) is 2.66. The van der Waals surface area contributed by atoms with Crippen molar-refractivity contribution < 1.29 is 9.59 Å². The molecule has 0 fully saturated rings. The Morgan fingerprint density at radius 2 is 1.74 bits per heavy atom. The molecule has 0 spiro atoms. The Morgan fingerprint density at radius 1 is 1.00 bits per heavy atom. The quantitative estimate of drug-likeness (QED) is 0.648. The molecule has 1 unspecified atom stereocenters. The van der Waals surface area contributed by atoms with Gasteiger partial charge < -0.3 is 16.0 Å². The molecule has 144 valence electrons. The van der Waals surface area contributed by atoms with Gasteiger partial charge in [-0.25, -0.2) is 0 Å². The van der Waals surface area contributed by atoms with E-state index in [4.69, 9.17) is 0 Å². The van der Waals surface area contributed by atoms with Gasteiger partial charge in [0, 0.05) is 23.0 Å². The normalized spacial score (nSPS) is 11.7. The lowest BCUT2D eigenvalue weighted by atomic mass is 10.0. The van der Waals surface area contributed by atoms with Crippen LogP contribution in [0, 0.1) is 0 Å². The zero-order valence-corrected chi connectivity index (χ0v) is 16.5. The van der Waals surface area contributed by atoms with Crippen LogP contribution in [0.3, 0.4) is 0 Å². The van der Waals surface area contributed by atoms with Crippen LogP contribution in [0.15, 0.2) is 48.5 Å². The Kier molecular flexibility index (Phi) is 7.41. The number of rotatable bonds is 8. The first-order valence-corrected chi connectivity index (χ1v) is 9.44. The number of carbonyl (C=O) groups is 2. The molecule has 2 aromatic rings. The number of hydrogen-bond acceptors (Lipinski definition) is 3. The van der Waals surface area contributed by atoms with Crippen LogP contribution in [0.1, 0.15) is 56.0 Å². The smallest absolute Gasteiger partial charge is 0.251 e. The monoisotopic (exact) mass is 367 g/mol. The third-order valence-corrected chi connectivity index (χ3v) is 4.42. The second-order valence-electron chi connectivity index (χ2n) is 7.01. The third-order valence-electron chi connectivity index (χ3n) is 4.42. The molecule has 5 nitrogen and oxygen atoms in total. The van der Waals surface area contributed by atoms with E-state index in [0.29, 0.717) is 17.2 Å². The lowest BCUT2D eigenvalue weighted by molar-refractivity contribution is -0.114. The molecule has 0 bridgehead atoms. The van der Waals surface area contributed by atoms with Crippen LogP contribution in [0.25, 0.3) is 0 Å². The van der Waals surface area contributed by atoms with E-state index >= 15 is 0 Å². The summed E-state index contributed by atoms with van der Waals surface area (Å²) in [6, 6.07) is 15.1. The Morgan fingerprint density at radius 3 is 2.44 bits per heavy atom. The van der Waals surface area contributed by atoms with Crippen LogP contribution >= 0.6 is 0 Å². The molecule has 0 saturated carbocycles. The van der Waals surface area contributed by atoms with E-state index in [-0.39, 0.29) is 24.4 Å². The maximum atomic E-state index is 12.3. The first-order chi connectivity index (χ1) is 12.9. The summed E-state index contributed by atoms with van der Waals surface area (Å²) >= 11 is 0. The van der Waals surface area contributed by atoms with Gasteiger partial charge in [-0.3, -0.25) is 9.59 Å². The molecule has 27 heavy (non-hydrogen) atoms. The predicted octanol–water partition coefficient (Wildman–Crippen LogP) is 4.39. The first kappa shape index (κ1) is 20.5. The van der Waals surface area contributed by atoms with Crippen molar-refractivity contribution in [2.24, 2.45) is 0 Å². The van der Waals surface area contributed by atoms with E-state index in [9.17, 15) is 9.59 Å². The third kappa shape index (κ3) is 6.13. The fourth-order valence-electron chi connectivity index (χ4n) is 2.69. The molecule has 0 aliphatic carbocycles. The van der Waals surface area contributed by atoms with Crippen LogP contribution in [0.4, 0.5) is 11.4 Å². The second kappa shape index (κ2) is 9.76. The minimum atomic E-state index is -0.159. The van der Waals surface area contributed by atoms with Crippen LogP contribution in [-0.4, -0.2) is 24.4 Å². The fourth-order valence-corrected chi connectivity index (χ4v) is 2.69. The van der Waals surface area contributed by atoms with Gasteiger partial charge in [0.05, 0.1) is 6.54 Å². The maximum Gasteiger partial charge on any atom is 0.251 e. The molecule has 3 N–H and O–H groups in total.